The van der Waals surface area contributed by atoms with Crippen LogP contribution >= 0.6 is 0 Å². The number of rotatable bonds is 6. The number of carbonyl (C=O) groups is 2. The fourth-order valence-electron chi connectivity index (χ4n) is 3.60. The first-order chi connectivity index (χ1) is 17.6. The molecule has 36 heavy (non-hydrogen) atoms. The average Bonchev–Trinajstić information content (AvgIpc) is 3.63. The van der Waals surface area contributed by atoms with Crippen molar-refractivity contribution in [3.8, 4) is 45.6 Å². The van der Waals surface area contributed by atoms with Gasteiger partial charge >= 0.3 is 11.9 Å². The Bertz CT molecular complexity index is 1420. The maximum atomic E-state index is 11.6. The molecule has 0 bridgehead atoms. The van der Waals surface area contributed by atoms with Crippen LogP contribution in [0.1, 0.15) is 20.7 Å². The largest absolute Gasteiger partial charge is 0.465 e. The number of H-pyrrole nitrogens is 2. The monoisotopic (exact) mass is 480 g/mol. The van der Waals surface area contributed by atoms with Gasteiger partial charge in [0.15, 0.2) is 23.3 Å². The highest BCUT2D eigenvalue weighted by Crippen LogP contribution is 2.26. The molecule has 10 heteroatoms. The molecular formula is C26H20N6O4. The van der Waals surface area contributed by atoms with E-state index in [1.165, 1.54) is 14.2 Å². The normalized spacial score (nSPS) is 10.7. The number of carbonyl (C=O) groups excluding carboxylic acids is 2. The zero-order chi connectivity index (χ0) is 25.1. The summed E-state index contributed by atoms with van der Waals surface area (Å²) in [6, 6.07) is 21.4. The van der Waals surface area contributed by atoms with Gasteiger partial charge in [-0.2, -0.15) is 10.2 Å². The highest BCUT2D eigenvalue weighted by molar-refractivity contribution is 5.90. The van der Waals surface area contributed by atoms with Gasteiger partial charge in [-0.25, -0.2) is 19.6 Å². The highest BCUT2D eigenvalue weighted by atomic mass is 16.5. The number of nitrogens with zero attached hydrogens (tertiary/aromatic N) is 4. The van der Waals surface area contributed by atoms with Crippen LogP contribution in [0.3, 0.4) is 0 Å². The molecule has 0 amide bonds. The average molecular weight is 480 g/mol. The van der Waals surface area contributed by atoms with Gasteiger partial charge in [0.1, 0.15) is 0 Å². The Morgan fingerprint density at radius 1 is 0.611 bits per heavy atom. The molecule has 0 aliphatic rings. The van der Waals surface area contributed by atoms with Crippen LogP contribution in [0.2, 0.25) is 0 Å². The van der Waals surface area contributed by atoms with Crippen molar-refractivity contribution < 1.29 is 19.1 Å². The van der Waals surface area contributed by atoms with Gasteiger partial charge in [-0.15, -0.1) is 0 Å². The minimum Gasteiger partial charge on any atom is -0.465 e. The number of benzene rings is 3. The lowest BCUT2D eigenvalue weighted by atomic mass is 10.1. The summed E-state index contributed by atoms with van der Waals surface area (Å²) in [5, 5.41) is 14.6. The Balaban J connectivity index is 1.37. The van der Waals surface area contributed by atoms with Crippen molar-refractivity contribution in [1.29, 1.82) is 0 Å². The predicted octanol–water partition coefficient (Wildman–Crippen LogP) is 4.16. The van der Waals surface area contributed by atoms with E-state index in [-0.39, 0.29) is 0 Å². The minimum atomic E-state index is -0.398. The Morgan fingerprint density at radius 3 is 1.42 bits per heavy atom. The molecule has 5 aromatic rings. The molecule has 10 nitrogen and oxygen atoms in total. The number of hydrogen-bond donors (Lipinski definition) is 2. The number of aromatic amines is 2. The fraction of sp³-hybridized carbons (Fsp3) is 0.0769. The summed E-state index contributed by atoms with van der Waals surface area (Å²) in [7, 11) is 2.69. The number of nitrogens with one attached hydrogen (secondary N) is 2. The summed E-state index contributed by atoms with van der Waals surface area (Å²) in [6.45, 7) is 0. The van der Waals surface area contributed by atoms with E-state index in [2.05, 4.69) is 30.4 Å². The van der Waals surface area contributed by atoms with Gasteiger partial charge in [0, 0.05) is 22.3 Å². The van der Waals surface area contributed by atoms with Crippen molar-refractivity contribution in [2.75, 3.05) is 14.2 Å². The summed E-state index contributed by atoms with van der Waals surface area (Å²) < 4.78 is 9.46. The van der Waals surface area contributed by atoms with Crippen LogP contribution in [0.4, 0.5) is 0 Å². The molecule has 2 heterocycles. The van der Waals surface area contributed by atoms with E-state index in [0.717, 1.165) is 22.3 Å². The second-order valence-electron chi connectivity index (χ2n) is 7.73. The number of aromatic nitrogens is 6. The molecule has 0 radical (unpaired) electrons. The lowest BCUT2D eigenvalue weighted by Gasteiger charge is -2.01. The first-order valence-electron chi connectivity index (χ1n) is 10.9. The van der Waals surface area contributed by atoms with Crippen LogP contribution in [0.5, 0.6) is 0 Å². The van der Waals surface area contributed by atoms with Gasteiger partial charge in [0.2, 0.25) is 0 Å². The minimum absolute atomic E-state index is 0.398. The van der Waals surface area contributed by atoms with E-state index < -0.39 is 11.9 Å². The van der Waals surface area contributed by atoms with Crippen LogP contribution in [0.25, 0.3) is 45.6 Å². The summed E-state index contributed by atoms with van der Waals surface area (Å²) in [5.41, 5.74) is 4.06. The summed E-state index contributed by atoms with van der Waals surface area (Å²) in [5.74, 6) is 1.37. The number of ether oxygens (including phenoxy) is 2. The van der Waals surface area contributed by atoms with Crippen molar-refractivity contribution in [3.63, 3.8) is 0 Å². The Labute approximate surface area is 205 Å². The standard InChI is InChI=1S/C26H20N6O4/c1-35-25(33)17-10-6-15(7-11-17)21-27-23(31-29-21)19-4-3-5-20(14-19)24-28-22(30-32-24)16-8-12-18(13-9-16)26(34)36-2/h3-14H,1-2H3,(H,27,29,31)(H,28,30,32). The lowest BCUT2D eigenvalue weighted by molar-refractivity contribution is 0.0592. The molecule has 0 saturated carbocycles. The Hall–Kier alpha value is -5.12. The molecule has 178 valence electrons. The van der Waals surface area contributed by atoms with Crippen LogP contribution in [-0.4, -0.2) is 56.5 Å². The van der Waals surface area contributed by atoms with Crippen molar-refractivity contribution in [1.82, 2.24) is 30.4 Å². The van der Waals surface area contributed by atoms with Crippen LogP contribution < -0.4 is 0 Å². The van der Waals surface area contributed by atoms with E-state index in [4.69, 9.17) is 9.47 Å². The summed E-state index contributed by atoms with van der Waals surface area (Å²) in [4.78, 5) is 32.5. The number of esters is 2. The molecule has 0 saturated heterocycles. The molecule has 0 aliphatic carbocycles. The maximum Gasteiger partial charge on any atom is 0.337 e. The predicted molar refractivity (Wildman–Crippen MR) is 131 cm³/mol. The van der Waals surface area contributed by atoms with Gasteiger partial charge in [0.25, 0.3) is 0 Å². The van der Waals surface area contributed by atoms with Crippen LogP contribution in [-0.2, 0) is 9.47 Å². The van der Waals surface area contributed by atoms with Gasteiger partial charge in [0.05, 0.1) is 25.3 Å². The fourth-order valence-corrected chi connectivity index (χ4v) is 3.60. The quantitative estimate of drug-likeness (QED) is 0.346. The lowest BCUT2D eigenvalue weighted by Crippen LogP contribution is -2.00. The molecule has 0 fully saturated rings. The third-order valence-electron chi connectivity index (χ3n) is 5.51. The zero-order valence-electron chi connectivity index (χ0n) is 19.4. The second kappa shape index (κ2) is 9.63. The number of hydrogen-bond acceptors (Lipinski definition) is 8. The third kappa shape index (κ3) is 4.47. The van der Waals surface area contributed by atoms with Gasteiger partial charge in [-0.1, -0.05) is 42.5 Å². The molecule has 3 aromatic carbocycles. The molecule has 2 aromatic heterocycles. The van der Waals surface area contributed by atoms with Gasteiger partial charge < -0.3 is 9.47 Å². The SMILES string of the molecule is COC(=O)c1ccc(-c2nc(-c3cccc(-c4n[nH]c(-c5ccc(C(=O)OC)cc5)n4)c3)n[nH]2)cc1. The van der Waals surface area contributed by atoms with Crippen molar-refractivity contribution in [2.24, 2.45) is 0 Å². The molecule has 0 aliphatic heterocycles. The van der Waals surface area contributed by atoms with E-state index in [1.54, 1.807) is 48.5 Å². The third-order valence-corrected chi connectivity index (χ3v) is 5.51. The summed E-state index contributed by atoms with van der Waals surface area (Å²) in [6.07, 6.45) is 0. The maximum absolute atomic E-state index is 11.6. The number of methoxy groups -OCH3 is 2. The van der Waals surface area contributed by atoms with Crippen molar-refractivity contribution in [2.45, 2.75) is 0 Å². The van der Waals surface area contributed by atoms with Crippen molar-refractivity contribution >= 4 is 11.9 Å². The molecule has 0 atom stereocenters. The van der Waals surface area contributed by atoms with Gasteiger partial charge in [-0.05, 0) is 30.3 Å². The summed E-state index contributed by atoms with van der Waals surface area (Å²) >= 11 is 0. The van der Waals surface area contributed by atoms with Crippen molar-refractivity contribution in [3.05, 3.63) is 83.9 Å². The molecular weight excluding hydrogens is 460 g/mol. The van der Waals surface area contributed by atoms with E-state index in [9.17, 15) is 9.59 Å². The van der Waals surface area contributed by atoms with Crippen LogP contribution in [0, 0.1) is 0 Å². The van der Waals surface area contributed by atoms with Crippen LogP contribution in [0.15, 0.2) is 72.8 Å². The second-order valence-corrected chi connectivity index (χ2v) is 7.73. The highest BCUT2D eigenvalue weighted by Gasteiger charge is 2.13. The molecule has 2 N–H and O–H groups in total. The zero-order valence-corrected chi connectivity index (χ0v) is 19.4. The van der Waals surface area contributed by atoms with E-state index >= 15 is 0 Å². The van der Waals surface area contributed by atoms with Gasteiger partial charge in [-0.3, -0.25) is 10.2 Å². The Kier molecular flexibility index (Phi) is 6.06. The topological polar surface area (TPSA) is 136 Å². The van der Waals surface area contributed by atoms with E-state index in [1.807, 2.05) is 24.3 Å². The molecule has 0 unspecified atom stereocenters. The smallest absolute Gasteiger partial charge is 0.337 e. The molecule has 5 rings (SSSR count). The molecule has 0 spiro atoms. The first-order valence-corrected chi connectivity index (χ1v) is 10.9. The van der Waals surface area contributed by atoms with E-state index in [0.29, 0.717) is 34.4 Å². The first kappa shape index (κ1) is 22.7. The Morgan fingerprint density at radius 2 is 1.03 bits per heavy atom.